The quantitative estimate of drug-likeness (QED) is 0.683. The molecular weight excluding hydrogens is 254 g/mol. The highest BCUT2D eigenvalue weighted by molar-refractivity contribution is 5.87. The molecule has 0 fully saturated rings. The largest absolute Gasteiger partial charge is 0.464 e. The highest BCUT2D eigenvalue weighted by Crippen LogP contribution is 2.19. The van der Waals surface area contributed by atoms with Crippen LogP contribution < -0.4 is 0 Å². The molecule has 0 aliphatic rings. The van der Waals surface area contributed by atoms with Gasteiger partial charge >= 0.3 is 5.97 Å². The van der Waals surface area contributed by atoms with E-state index in [9.17, 15) is 4.79 Å². The van der Waals surface area contributed by atoms with Crippen molar-refractivity contribution in [2.24, 2.45) is 0 Å². The molecule has 3 rings (SSSR count). The molecule has 100 valence electrons. The summed E-state index contributed by atoms with van der Waals surface area (Å²) in [6.07, 6.45) is 1.59. The highest BCUT2D eigenvalue weighted by atomic mass is 16.5. The Hall–Kier alpha value is -2.69. The minimum Gasteiger partial charge on any atom is -0.464 e. The third kappa shape index (κ3) is 2.25. The van der Waals surface area contributed by atoms with E-state index in [1.165, 1.54) is 17.9 Å². The van der Waals surface area contributed by atoms with Gasteiger partial charge < -0.3 is 4.74 Å². The minimum absolute atomic E-state index is 0.215. The predicted molar refractivity (Wildman–Crippen MR) is 74.4 cm³/mol. The molecule has 1 heterocycles. The zero-order valence-corrected chi connectivity index (χ0v) is 11.0. The van der Waals surface area contributed by atoms with Crippen molar-refractivity contribution in [2.45, 2.75) is 6.54 Å². The molecule has 1 aromatic heterocycles. The Morgan fingerprint density at radius 2 is 2.00 bits per heavy atom. The summed E-state index contributed by atoms with van der Waals surface area (Å²) in [7, 11) is 1.33. The lowest BCUT2D eigenvalue weighted by molar-refractivity contribution is 0.0594. The minimum atomic E-state index is -0.478. The van der Waals surface area contributed by atoms with Crippen LogP contribution in [0.2, 0.25) is 0 Å². The number of rotatable bonds is 3. The number of benzene rings is 2. The van der Waals surface area contributed by atoms with Gasteiger partial charge in [-0.25, -0.2) is 9.48 Å². The van der Waals surface area contributed by atoms with Gasteiger partial charge in [0.2, 0.25) is 0 Å². The molecule has 0 N–H and O–H groups in total. The molecule has 0 amide bonds. The first-order valence-electron chi connectivity index (χ1n) is 6.23. The van der Waals surface area contributed by atoms with Crippen molar-refractivity contribution < 1.29 is 9.53 Å². The Morgan fingerprint density at radius 3 is 2.85 bits per heavy atom. The summed E-state index contributed by atoms with van der Waals surface area (Å²) in [6, 6.07) is 14.3. The van der Waals surface area contributed by atoms with E-state index >= 15 is 0 Å². The number of nitrogens with zero attached hydrogens (tertiary/aromatic N) is 3. The van der Waals surface area contributed by atoms with Gasteiger partial charge in [-0.05, 0) is 16.3 Å². The summed E-state index contributed by atoms with van der Waals surface area (Å²) < 4.78 is 6.25. The van der Waals surface area contributed by atoms with Crippen LogP contribution in [0.25, 0.3) is 10.8 Å². The zero-order chi connectivity index (χ0) is 13.9. The second-order valence-corrected chi connectivity index (χ2v) is 4.43. The van der Waals surface area contributed by atoms with Gasteiger partial charge in [-0.15, -0.1) is 5.10 Å². The number of carbonyl (C=O) groups is 1. The Bertz CT molecular complexity index is 759. The molecule has 0 atom stereocenters. The van der Waals surface area contributed by atoms with Gasteiger partial charge in [0.1, 0.15) is 0 Å². The normalized spacial score (nSPS) is 10.7. The first kappa shape index (κ1) is 12.3. The highest BCUT2D eigenvalue weighted by Gasteiger charge is 2.11. The van der Waals surface area contributed by atoms with E-state index in [1.54, 1.807) is 10.9 Å². The molecular formula is C15H13N3O2. The lowest BCUT2D eigenvalue weighted by atomic mass is 10.0. The first-order valence-corrected chi connectivity index (χ1v) is 6.23. The van der Waals surface area contributed by atoms with E-state index in [0.717, 1.165) is 5.56 Å². The molecule has 0 spiro atoms. The SMILES string of the molecule is COC(=O)c1cn(Cc2cccc3ccccc23)nn1. The predicted octanol–water partition coefficient (Wildman–Crippen LogP) is 2.27. The Balaban J connectivity index is 1.93. The second kappa shape index (κ2) is 5.13. The zero-order valence-electron chi connectivity index (χ0n) is 11.0. The van der Waals surface area contributed by atoms with Crippen LogP contribution >= 0.6 is 0 Å². The number of ether oxygens (including phenoxy) is 1. The molecule has 5 nitrogen and oxygen atoms in total. The number of hydrogen-bond acceptors (Lipinski definition) is 4. The van der Waals surface area contributed by atoms with Gasteiger partial charge in [-0.1, -0.05) is 47.7 Å². The molecule has 20 heavy (non-hydrogen) atoms. The summed E-state index contributed by atoms with van der Waals surface area (Å²) >= 11 is 0. The topological polar surface area (TPSA) is 57.0 Å². The van der Waals surface area contributed by atoms with Crippen LogP contribution in [0.4, 0.5) is 0 Å². The molecule has 0 saturated heterocycles. The summed E-state index contributed by atoms with van der Waals surface area (Å²) in [4.78, 5) is 11.4. The fraction of sp³-hybridized carbons (Fsp3) is 0.133. The maximum absolute atomic E-state index is 11.4. The van der Waals surface area contributed by atoms with Crippen molar-refractivity contribution in [2.75, 3.05) is 7.11 Å². The molecule has 0 aliphatic carbocycles. The maximum Gasteiger partial charge on any atom is 0.360 e. The van der Waals surface area contributed by atoms with E-state index in [1.807, 2.05) is 24.3 Å². The molecule has 0 saturated carbocycles. The van der Waals surface area contributed by atoms with Crippen molar-refractivity contribution >= 4 is 16.7 Å². The van der Waals surface area contributed by atoms with E-state index in [4.69, 9.17) is 0 Å². The van der Waals surface area contributed by atoms with Crippen molar-refractivity contribution in [3.05, 3.63) is 59.9 Å². The van der Waals surface area contributed by atoms with Gasteiger partial charge in [0, 0.05) is 0 Å². The van der Waals surface area contributed by atoms with E-state index in [2.05, 4.69) is 33.2 Å². The summed E-state index contributed by atoms with van der Waals surface area (Å²) in [5, 5.41) is 10.1. The van der Waals surface area contributed by atoms with E-state index < -0.39 is 5.97 Å². The van der Waals surface area contributed by atoms with Crippen molar-refractivity contribution in [3.8, 4) is 0 Å². The smallest absolute Gasteiger partial charge is 0.360 e. The molecule has 3 aromatic rings. The molecule has 0 bridgehead atoms. The van der Waals surface area contributed by atoms with Crippen LogP contribution in [0.5, 0.6) is 0 Å². The number of fused-ring (bicyclic) bond motifs is 1. The maximum atomic E-state index is 11.4. The lowest BCUT2D eigenvalue weighted by Crippen LogP contribution is -2.02. The van der Waals surface area contributed by atoms with E-state index in [0.29, 0.717) is 6.54 Å². The first-order chi connectivity index (χ1) is 9.78. The van der Waals surface area contributed by atoms with Crippen LogP contribution in [-0.2, 0) is 11.3 Å². The third-order valence-electron chi connectivity index (χ3n) is 3.15. The van der Waals surface area contributed by atoms with Crippen LogP contribution in [-0.4, -0.2) is 28.1 Å². The summed E-state index contributed by atoms with van der Waals surface area (Å²) in [5.41, 5.74) is 1.34. The Labute approximate surface area is 115 Å². The monoisotopic (exact) mass is 267 g/mol. The number of esters is 1. The average Bonchev–Trinajstić information content (AvgIpc) is 2.95. The summed E-state index contributed by atoms with van der Waals surface area (Å²) in [5.74, 6) is -0.478. The number of aromatic nitrogens is 3. The van der Waals surface area contributed by atoms with Crippen LogP contribution in [0, 0.1) is 0 Å². The van der Waals surface area contributed by atoms with Gasteiger partial charge in [-0.2, -0.15) is 0 Å². The van der Waals surface area contributed by atoms with Crippen LogP contribution in [0.15, 0.2) is 48.7 Å². The van der Waals surface area contributed by atoms with Gasteiger partial charge in [0.05, 0.1) is 19.9 Å². The van der Waals surface area contributed by atoms with Crippen LogP contribution in [0.3, 0.4) is 0 Å². The van der Waals surface area contributed by atoms with Gasteiger partial charge in [-0.3, -0.25) is 0 Å². The van der Waals surface area contributed by atoms with E-state index in [-0.39, 0.29) is 5.69 Å². The lowest BCUT2D eigenvalue weighted by Gasteiger charge is -2.05. The van der Waals surface area contributed by atoms with Crippen molar-refractivity contribution in [3.63, 3.8) is 0 Å². The number of hydrogen-bond donors (Lipinski definition) is 0. The molecule has 2 aromatic carbocycles. The molecule has 0 aliphatic heterocycles. The third-order valence-corrected chi connectivity index (χ3v) is 3.15. The van der Waals surface area contributed by atoms with Crippen molar-refractivity contribution in [1.82, 2.24) is 15.0 Å². The van der Waals surface area contributed by atoms with Crippen molar-refractivity contribution in [1.29, 1.82) is 0 Å². The molecule has 5 heteroatoms. The Morgan fingerprint density at radius 1 is 1.20 bits per heavy atom. The standard InChI is InChI=1S/C15H13N3O2/c1-20-15(19)14-10-18(17-16-14)9-12-7-4-6-11-5-2-3-8-13(11)12/h2-8,10H,9H2,1H3. The van der Waals surface area contributed by atoms with Gasteiger partial charge in [0.25, 0.3) is 0 Å². The average molecular weight is 267 g/mol. The fourth-order valence-electron chi connectivity index (χ4n) is 2.18. The number of methoxy groups -OCH3 is 1. The van der Waals surface area contributed by atoms with Gasteiger partial charge in [0.15, 0.2) is 5.69 Å². The molecule has 0 unspecified atom stereocenters. The number of carbonyl (C=O) groups excluding carboxylic acids is 1. The molecule has 0 radical (unpaired) electrons. The Kier molecular flexibility index (Phi) is 3.16. The second-order valence-electron chi connectivity index (χ2n) is 4.43. The van der Waals surface area contributed by atoms with Crippen LogP contribution in [0.1, 0.15) is 16.1 Å². The fourth-order valence-corrected chi connectivity index (χ4v) is 2.18. The summed E-state index contributed by atoms with van der Waals surface area (Å²) in [6.45, 7) is 0.561.